The normalized spacial score (nSPS) is 15.8. The zero-order valence-electron chi connectivity index (χ0n) is 15.7. The van der Waals surface area contributed by atoms with Crippen LogP contribution in [0.1, 0.15) is 45.1 Å². The molecule has 0 atom stereocenters. The number of rotatable bonds is 7. The van der Waals surface area contributed by atoms with Gasteiger partial charge in [-0.3, -0.25) is 0 Å². The fourth-order valence-electron chi connectivity index (χ4n) is 3.26. The molecular formula is C21H26FNO3S. The van der Waals surface area contributed by atoms with Crippen LogP contribution in [0.5, 0.6) is 5.75 Å². The fraction of sp³-hybridized carbons (Fsp3) is 0.429. The molecule has 0 amide bonds. The van der Waals surface area contributed by atoms with E-state index in [0.717, 1.165) is 18.4 Å². The third-order valence-corrected chi connectivity index (χ3v) is 6.49. The number of nitrogens with one attached hydrogen (secondary N) is 1. The van der Waals surface area contributed by atoms with Crippen LogP contribution in [-0.2, 0) is 15.4 Å². The van der Waals surface area contributed by atoms with Crippen molar-refractivity contribution in [3.63, 3.8) is 0 Å². The SMILES string of the molecule is CC(C)(CNS(=O)(=O)c1ccc(OC2CCCC2)cc1)c1ccc(F)cc1. The maximum atomic E-state index is 13.1. The van der Waals surface area contributed by atoms with Gasteiger partial charge in [0.25, 0.3) is 0 Å². The first-order valence-electron chi connectivity index (χ1n) is 9.29. The van der Waals surface area contributed by atoms with Gasteiger partial charge < -0.3 is 4.74 Å². The smallest absolute Gasteiger partial charge is 0.240 e. The molecule has 27 heavy (non-hydrogen) atoms. The summed E-state index contributed by atoms with van der Waals surface area (Å²) in [7, 11) is -3.63. The first kappa shape index (κ1) is 19.8. The molecule has 0 heterocycles. The van der Waals surface area contributed by atoms with Crippen LogP contribution in [0.15, 0.2) is 53.4 Å². The molecule has 2 aromatic rings. The average molecular weight is 392 g/mol. The lowest BCUT2D eigenvalue weighted by Crippen LogP contribution is -2.36. The van der Waals surface area contributed by atoms with Crippen molar-refractivity contribution < 1.29 is 17.5 Å². The molecule has 1 aliphatic carbocycles. The molecule has 0 unspecified atom stereocenters. The Balaban J connectivity index is 1.64. The zero-order chi connectivity index (χ0) is 19.5. The molecule has 0 saturated heterocycles. The van der Waals surface area contributed by atoms with Gasteiger partial charge in [0.05, 0.1) is 11.0 Å². The molecule has 0 bridgehead atoms. The molecule has 3 rings (SSSR count). The van der Waals surface area contributed by atoms with Crippen LogP contribution in [-0.4, -0.2) is 21.1 Å². The van der Waals surface area contributed by atoms with Gasteiger partial charge in [-0.2, -0.15) is 0 Å². The highest BCUT2D eigenvalue weighted by Gasteiger charge is 2.24. The lowest BCUT2D eigenvalue weighted by molar-refractivity contribution is 0.210. The summed E-state index contributed by atoms with van der Waals surface area (Å²) in [5.41, 5.74) is 0.402. The highest BCUT2D eigenvalue weighted by atomic mass is 32.2. The van der Waals surface area contributed by atoms with E-state index in [9.17, 15) is 12.8 Å². The van der Waals surface area contributed by atoms with Crippen molar-refractivity contribution in [2.75, 3.05) is 6.54 Å². The van der Waals surface area contributed by atoms with E-state index < -0.39 is 15.4 Å². The molecule has 6 heteroatoms. The van der Waals surface area contributed by atoms with Crippen molar-refractivity contribution in [3.8, 4) is 5.75 Å². The number of sulfonamides is 1. The Bertz CT molecular complexity index is 855. The summed E-state index contributed by atoms with van der Waals surface area (Å²) in [4.78, 5) is 0.205. The molecule has 146 valence electrons. The first-order valence-corrected chi connectivity index (χ1v) is 10.8. The van der Waals surface area contributed by atoms with Gasteiger partial charge in [-0.15, -0.1) is 0 Å². The quantitative estimate of drug-likeness (QED) is 0.761. The van der Waals surface area contributed by atoms with E-state index >= 15 is 0 Å². The Hall–Kier alpha value is -1.92. The second-order valence-corrected chi connectivity index (χ2v) is 9.48. The molecule has 0 aromatic heterocycles. The lowest BCUT2D eigenvalue weighted by Gasteiger charge is -2.25. The van der Waals surface area contributed by atoms with Crippen LogP contribution in [0.25, 0.3) is 0 Å². The lowest BCUT2D eigenvalue weighted by atomic mass is 9.85. The maximum Gasteiger partial charge on any atom is 0.240 e. The van der Waals surface area contributed by atoms with Crippen molar-refractivity contribution in [1.29, 1.82) is 0 Å². The molecule has 0 aliphatic heterocycles. The Kier molecular flexibility index (Phi) is 5.86. The summed E-state index contributed by atoms with van der Waals surface area (Å²) in [6.07, 6.45) is 4.72. The molecule has 1 N–H and O–H groups in total. The van der Waals surface area contributed by atoms with E-state index in [1.54, 1.807) is 36.4 Å². The Labute approximate surface area is 160 Å². The molecule has 4 nitrogen and oxygen atoms in total. The minimum absolute atomic E-state index is 0.205. The van der Waals surface area contributed by atoms with Gasteiger partial charge in [-0.1, -0.05) is 26.0 Å². The van der Waals surface area contributed by atoms with Gasteiger partial charge >= 0.3 is 0 Å². The maximum absolute atomic E-state index is 13.1. The third-order valence-electron chi connectivity index (χ3n) is 5.07. The van der Waals surface area contributed by atoms with Crippen molar-refractivity contribution in [2.24, 2.45) is 0 Å². The van der Waals surface area contributed by atoms with E-state index in [0.29, 0.717) is 5.75 Å². The zero-order valence-corrected chi connectivity index (χ0v) is 16.6. The van der Waals surface area contributed by atoms with Crippen molar-refractivity contribution in [2.45, 2.75) is 55.9 Å². The predicted molar refractivity (Wildman–Crippen MR) is 104 cm³/mol. The second kappa shape index (κ2) is 7.98. The Morgan fingerprint density at radius 1 is 1.04 bits per heavy atom. The predicted octanol–water partition coefficient (Wildman–Crippen LogP) is 4.40. The molecule has 0 spiro atoms. The summed E-state index contributed by atoms with van der Waals surface area (Å²) in [5, 5.41) is 0. The minimum atomic E-state index is -3.63. The average Bonchev–Trinajstić information content (AvgIpc) is 3.14. The van der Waals surface area contributed by atoms with E-state index in [4.69, 9.17) is 4.74 Å². The van der Waals surface area contributed by atoms with Gasteiger partial charge in [-0.05, 0) is 67.6 Å². The number of halogens is 1. The van der Waals surface area contributed by atoms with Crippen LogP contribution >= 0.6 is 0 Å². The van der Waals surface area contributed by atoms with Crippen molar-refractivity contribution in [1.82, 2.24) is 4.72 Å². The van der Waals surface area contributed by atoms with Gasteiger partial charge in [0.15, 0.2) is 0 Å². The number of benzene rings is 2. The summed E-state index contributed by atoms with van der Waals surface area (Å²) in [6.45, 7) is 4.05. The molecule has 1 fully saturated rings. The number of hydrogen-bond acceptors (Lipinski definition) is 3. The fourth-order valence-corrected chi connectivity index (χ4v) is 4.47. The summed E-state index contributed by atoms with van der Waals surface area (Å²) >= 11 is 0. The van der Waals surface area contributed by atoms with Crippen LogP contribution < -0.4 is 9.46 Å². The van der Waals surface area contributed by atoms with Crippen LogP contribution in [0.3, 0.4) is 0 Å². The standard InChI is InChI=1S/C21H26FNO3S/c1-21(2,16-7-9-17(22)10-8-16)15-23-27(24,25)20-13-11-19(12-14-20)26-18-5-3-4-6-18/h7-14,18,23H,3-6,15H2,1-2H3. The molecule has 1 saturated carbocycles. The highest BCUT2D eigenvalue weighted by Crippen LogP contribution is 2.26. The molecule has 2 aromatic carbocycles. The highest BCUT2D eigenvalue weighted by molar-refractivity contribution is 7.89. The molecule has 0 radical (unpaired) electrons. The summed E-state index contributed by atoms with van der Waals surface area (Å²) in [5.74, 6) is 0.391. The van der Waals surface area contributed by atoms with Crippen molar-refractivity contribution >= 4 is 10.0 Å². The van der Waals surface area contributed by atoms with Gasteiger partial charge in [0.2, 0.25) is 10.0 Å². The third kappa shape index (κ3) is 5.08. The second-order valence-electron chi connectivity index (χ2n) is 7.71. The van der Waals surface area contributed by atoms with Gasteiger partial charge in [-0.25, -0.2) is 17.5 Å². The van der Waals surface area contributed by atoms with Gasteiger partial charge in [0.1, 0.15) is 11.6 Å². The van der Waals surface area contributed by atoms with Crippen molar-refractivity contribution in [3.05, 3.63) is 59.9 Å². The largest absolute Gasteiger partial charge is 0.490 e. The Morgan fingerprint density at radius 2 is 1.63 bits per heavy atom. The Morgan fingerprint density at radius 3 is 2.22 bits per heavy atom. The van der Waals surface area contributed by atoms with Crippen LogP contribution in [0, 0.1) is 5.82 Å². The minimum Gasteiger partial charge on any atom is -0.490 e. The monoisotopic (exact) mass is 391 g/mol. The van der Waals surface area contributed by atoms with E-state index in [1.165, 1.54) is 25.0 Å². The molecule has 1 aliphatic rings. The van der Waals surface area contributed by atoms with E-state index in [1.807, 2.05) is 13.8 Å². The van der Waals surface area contributed by atoms with Crippen LogP contribution in [0.4, 0.5) is 4.39 Å². The first-order chi connectivity index (χ1) is 12.8. The summed E-state index contributed by atoms with van der Waals surface area (Å²) < 4.78 is 46.9. The molecular weight excluding hydrogens is 365 g/mol. The topological polar surface area (TPSA) is 55.4 Å². The number of ether oxygens (including phenoxy) is 1. The van der Waals surface area contributed by atoms with E-state index in [-0.39, 0.29) is 23.4 Å². The van der Waals surface area contributed by atoms with E-state index in [2.05, 4.69) is 4.72 Å². The van der Waals surface area contributed by atoms with Gasteiger partial charge in [0, 0.05) is 12.0 Å². The van der Waals surface area contributed by atoms with Crippen LogP contribution in [0.2, 0.25) is 0 Å². The summed E-state index contributed by atoms with van der Waals surface area (Å²) in [6, 6.07) is 12.7. The number of hydrogen-bond donors (Lipinski definition) is 1.